The first-order chi connectivity index (χ1) is 9.55. The molecule has 0 spiro atoms. The molecule has 1 aromatic rings. The van der Waals surface area contributed by atoms with Gasteiger partial charge in [0.2, 0.25) is 10.0 Å². The maximum atomic E-state index is 13.8. The predicted molar refractivity (Wildman–Crippen MR) is 81.0 cm³/mol. The minimum atomic E-state index is -3.75. The van der Waals surface area contributed by atoms with Gasteiger partial charge >= 0.3 is 0 Å². The van der Waals surface area contributed by atoms with Gasteiger partial charge in [-0.05, 0) is 40.0 Å². The van der Waals surface area contributed by atoms with Crippen LogP contribution in [0.25, 0.3) is 0 Å². The second-order valence-electron chi connectivity index (χ2n) is 6.20. The quantitative estimate of drug-likeness (QED) is 0.839. The number of nitrogen functional groups attached to an aromatic ring is 1. The van der Waals surface area contributed by atoms with E-state index < -0.39 is 15.8 Å². The van der Waals surface area contributed by atoms with E-state index in [0.717, 1.165) is 6.07 Å². The van der Waals surface area contributed by atoms with Gasteiger partial charge in [-0.2, -0.15) is 4.31 Å². The fourth-order valence-electron chi connectivity index (χ4n) is 2.48. The Bertz CT molecular complexity index is 658. The maximum absolute atomic E-state index is 13.8. The number of nitrogens with zero attached hydrogens (tertiary/aromatic N) is 2. The third-order valence-corrected chi connectivity index (χ3v) is 6.19. The number of likely N-dealkylation sites (N-methyl/N-ethyl adjacent to an activating group) is 1. The Balaban J connectivity index is 2.44. The average molecular weight is 315 g/mol. The highest BCUT2D eigenvalue weighted by molar-refractivity contribution is 7.89. The highest BCUT2D eigenvalue weighted by Gasteiger charge is 2.38. The van der Waals surface area contributed by atoms with Crippen LogP contribution in [0.4, 0.5) is 10.1 Å². The minimum absolute atomic E-state index is 0.0413. The van der Waals surface area contributed by atoms with Gasteiger partial charge in [-0.25, -0.2) is 12.8 Å². The zero-order chi connectivity index (χ0) is 16.0. The SMILES string of the molecule is Cc1c(F)cc(N)cc1S(=O)(=O)N1CCN(C)C(C)(C)C1. The Labute approximate surface area is 125 Å². The van der Waals surface area contributed by atoms with Crippen LogP contribution in [-0.4, -0.2) is 49.8 Å². The summed E-state index contributed by atoms with van der Waals surface area (Å²) in [4.78, 5) is 2.08. The first-order valence-electron chi connectivity index (χ1n) is 6.83. The molecule has 5 nitrogen and oxygen atoms in total. The smallest absolute Gasteiger partial charge is 0.243 e. The lowest BCUT2D eigenvalue weighted by Gasteiger charge is -2.44. The molecule has 0 aliphatic carbocycles. The van der Waals surface area contributed by atoms with Crippen LogP contribution in [0.1, 0.15) is 19.4 Å². The van der Waals surface area contributed by atoms with Crippen LogP contribution in [0, 0.1) is 12.7 Å². The molecule has 0 saturated carbocycles. The molecule has 1 fully saturated rings. The van der Waals surface area contributed by atoms with Gasteiger partial charge in [-0.1, -0.05) is 0 Å². The number of hydrogen-bond donors (Lipinski definition) is 1. The summed E-state index contributed by atoms with van der Waals surface area (Å²) >= 11 is 0. The molecule has 1 heterocycles. The van der Waals surface area contributed by atoms with Crippen LogP contribution in [0.15, 0.2) is 17.0 Å². The third-order valence-electron chi connectivity index (χ3n) is 4.22. The molecule has 1 aliphatic rings. The van der Waals surface area contributed by atoms with Crippen molar-refractivity contribution in [2.75, 3.05) is 32.4 Å². The molecule has 2 rings (SSSR count). The fraction of sp³-hybridized carbons (Fsp3) is 0.571. The number of rotatable bonds is 2. The highest BCUT2D eigenvalue weighted by Crippen LogP contribution is 2.28. The number of halogens is 1. The second kappa shape index (κ2) is 5.23. The van der Waals surface area contributed by atoms with Crippen molar-refractivity contribution in [1.29, 1.82) is 0 Å². The molecule has 1 aromatic carbocycles. The lowest BCUT2D eigenvalue weighted by molar-refractivity contribution is 0.0801. The van der Waals surface area contributed by atoms with E-state index in [2.05, 4.69) is 4.90 Å². The summed E-state index contributed by atoms with van der Waals surface area (Å²) in [6.45, 7) is 6.82. The summed E-state index contributed by atoms with van der Waals surface area (Å²) in [5.74, 6) is -0.595. The fourth-order valence-corrected chi connectivity index (χ4v) is 4.34. The summed E-state index contributed by atoms with van der Waals surface area (Å²) < 4.78 is 40.8. The molecule has 1 aliphatic heterocycles. The van der Waals surface area contributed by atoms with E-state index in [0.29, 0.717) is 19.6 Å². The van der Waals surface area contributed by atoms with E-state index in [1.807, 2.05) is 20.9 Å². The Kier molecular flexibility index (Phi) is 4.03. The van der Waals surface area contributed by atoms with Crippen molar-refractivity contribution in [3.8, 4) is 0 Å². The van der Waals surface area contributed by atoms with Crippen molar-refractivity contribution in [2.24, 2.45) is 0 Å². The van der Waals surface area contributed by atoms with E-state index in [1.165, 1.54) is 17.3 Å². The second-order valence-corrected chi connectivity index (χ2v) is 8.10. The van der Waals surface area contributed by atoms with Gasteiger partial charge in [-0.15, -0.1) is 0 Å². The molecule has 7 heteroatoms. The molecule has 2 N–H and O–H groups in total. The van der Waals surface area contributed by atoms with Crippen LogP contribution in [0.5, 0.6) is 0 Å². The Morgan fingerprint density at radius 1 is 1.29 bits per heavy atom. The first kappa shape index (κ1) is 16.2. The van der Waals surface area contributed by atoms with Crippen LogP contribution >= 0.6 is 0 Å². The summed E-state index contributed by atoms with van der Waals surface area (Å²) in [7, 11) is -1.78. The molecule has 0 atom stereocenters. The van der Waals surface area contributed by atoms with Gasteiger partial charge in [-0.3, -0.25) is 4.90 Å². The number of hydrogen-bond acceptors (Lipinski definition) is 4. The van der Waals surface area contributed by atoms with E-state index in [9.17, 15) is 12.8 Å². The number of benzene rings is 1. The van der Waals surface area contributed by atoms with Crippen LogP contribution < -0.4 is 5.73 Å². The molecule has 0 unspecified atom stereocenters. The van der Waals surface area contributed by atoms with Crippen molar-refractivity contribution in [1.82, 2.24) is 9.21 Å². The van der Waals surface area contributed by atoms with Crippen molar-refractivity contribution >= 4 is 15.7 Å². The zero-order valence-electron chi connectivity index (χ0n) is 12.9. The van der Waals surface area contributed by atoms with Crippen LogP contribution in [0.2, 0.25) is 0 Å². The molecule has 1 saturated heterocycles. The Morgan fingerprint density at radius 2 is 1.90 bits per heavy atom. The molecular formula is C14H22FN3O2S. The maximum Gasteiger partial charge on any atom is 0.243 e. The minimum Gasteiger partial charge on any atom is -0.399 e. The summed E-state index contributed by atoms with van der Waals surface area (Å²) in [5, 5.41) is 0. The highest BCUT2D eigenvalue weighted by atomic mass is 32.2. The number of sulfonamides is 1. The molecule has 0 amide bonds. The molecule has 0 bridgehead atoms. The summed E-state index contributed by atoms with van der Waals surface area (Å²) in [6.07, 6.45) is 0. The predicted octanol–water partition coefficient (Wildman–Crippen LogP) is 1.43. The van der Waals surface area contributed by atoms with Gasteiger partial charge in [0, 0.05) is 36.4 Å². The van der Waals surface area contributed by atoms with Gasteiger partial charge < -0.3 is 5.73 Å². The normalized spacial score (nSPS) is 20.6. The zero-order valence-corrected chi connectivity index (χ0v) is 13.7. The van der Waals surface area contributed by atoms with Crippen molar-refractivity contribution in [3.63, 3.8) is 0 Å². The largest absolute Gasteiger partial charge is 0.399 e. The van der Waals surface area contributed by atoms with Gasteiger partial charge in [0.1, 0.15) is 5.82 Å². The van der Waals surface area contributed by atoms with E-state index >= 15 is 0 Å². The summed E-state index contributed by atoms with van der Waals surface area (Å²) in [6, 6.07) is 2.47. The number of anilines is 1. The molecule has 0 radical (unpaired) electrons. The van der Waals surface area contributed by atoms with Gasteiger partial charge in [0.25, 0.3) is 0 Å². The monoisotopic (exact) mass is 315 g/mol. The van der Waals surface area contributed by atoms with Crippen LogP contribution in [-0.2, 0) is 10.0 Å². The molecular weight excluding hydrogens is 293 g/mol. The molecule has 118 valence electrons. The molecule has 0 aromatic heterocycles. The third kappa shape index (κ3) is 2.90. The van der Waals surface area contributed by atoms with E-state index in [4.69, 9.17) is 5.73 Å². The van der Waals surface area contributed by atoms with Crippen LogP contribution in [0.3, 0.4) is 0 Å². The van der Waals surface area contributed by atoms with Gasteiger partial charge in [0.05, 0.1) is 4.90 Å². The Hall–Kier alpha value is -1.18. The number of nitrogens with two attached hydrogens (primary N) is 1. The lowest BCUT2D eigenvalue weighted by atomic mass is 10.0. The lowest BCUT2D eigenvalue weighted by Crippen LogP contribution is -2.58. The average Bonchev–Trinajstić information content (AvgIpc) is 2.36. The topological polar surface area (TPSA) is 66.6 Å². The first-order valence-corrected chi connectivity index (χ1v) is 8.27. The summed E-state index contributed by atoms with van der Waals surface area (Å²) in [5.41, 5.74) is 5.56. The van der Waals surface area contributed by atoms with E-state index in [-0.39, 0.29) is 21.7 Å². The van der Waals surface area contributed by atoms with E-state index in [1.54, 1.807) is 0 Å². The number of piperazine rings is 1. The van der Waals surface area contributed by atoms with Crippen molar-refractivity contribution in [2.45, 2.75) is 31.2 Å². The van der Waals surface area contributed by atoms with Crippen molar-refractivity contribution in [3.05, 3.63) is 23.5 Å². The molecule has 21 heavy (non-hydrogen) atoms. The van der Waals surface area contributed by atoms with Gasteiger partial charge in [0.15, 0.2) is 0 Å². The Morgan fingerprint density at radius 3 is 2.48 bits per heavy atom. The standard InChI is InChI=1S/C14H22FN3O2S/c1-10-12(15)7-11(16)8-13(10)21(19,20)18-6-5-17(4)14(2,3)9-18/h7-8H,5-6,9,16H2,1-4H3. The van der Waals surface area contributed by atoms with Crippen molar-refractivity contribution < 1.29 is 12.8 Å².